The standard InChI is InChI=1S/C18H16N2O4S/c1-22-14-8-12(9-21)15(17(24-3)16(14)23-2)13-10-25-18(20-13)11-4-6-19-7-5-11/h4-10H,1-3H3. The van der Waals surface area contributed by atoms with Crippen LogP contribution in [0, 0.1) is 0 Å². The molecule has 6 nitrogen and oxygen atoms in total. The van der Waals surface area contributed by atoms with E-state index in [2.05, 4.69) is 9.97 Å². The van der Waals surface area contributed by atoms with E-state index >= 15 is 0 Å². The lowest BCUT2D eigenvalue weighted by Crippen LogP contribution is -2.00. The Labute approximate surface area is 149 Å². The molecule has 7 heteroatoms. The van der Waals surface area contributed by atoms with Crippen LogP contribution in [0.5, 0.6) is 17.2 Å². The smallest absolute Gasteiger partial charge is 0.204 e. The first kappa shape index (κ1) is 16.9. The maximum atomic E-state index is 11.6. The first-order valence-corrected chi connectivity index (χ1v) is 8.25. The highest BCUT2D eigenvalue weighted by atomic mass is 32.1. The van der Waals surface area contributed by atoms with Crippen LogP contribution in [0.25, 0.3) is 21.8 Å². The first-order valence-electron chi connectivity index (χ1n) is 7.37. The molecule has 0 saturated heterocycles. The molecule has 0 aliphatic heterocycles. The van der Waals surface area contributed by atoms with Gasteiger partial charge in [-0.05, 0) is 18.2 Å². The van der Waals surface area contributed by atoms with Gasteiger partial charge in [0.05, 0.1) is 32.6 Å². The second kappa shape index (κ2) is 7.31. The lowest BCUT2D eigenvalue weighted by Gasteiger charge is -2.16. The first-order chi connectivity index (χ1) is 12.2. The average molecular weight is 356 g/mol. The summed E-state index contributed by atoms with van der Waals surface area (Å²) in [5.41, 5.74) is 2.59. The van der Waals surface area contributed by atoms with Gasteiger partial charge in [0, 0.05) is 28.9 Å². The van der Waals surface area contributed by atoms with Crippen molar-refractivity contribution in [2.24, 2.45) is 0 Å². The number of hydrogen-bond acceptors (Lipinski definition) is 7. The van der Waals surface area contributed by atoms with Crippen LogP contribution in [0.2, 0.25) is 0 Å². The summed E-state index contributed by atoms with van der Waals surface area (Å²) in [6.07, 6.45) is 4.18. The number of ether oxygens (including phenoxy) is 3. The second-order valence-electron chi connectivity index (χ2n) is 5.00. The molecule has 0 N–H and O–H groups in total. The minimum absolute atomic E-state index is 0.413. The number of aromatic nitrogens is 2. The van der Waals surface area contributed by atoms with Crippen molar-refractivity contribution in [2.75, 3.05) is 21.3 Å². The number of nitrogens with zero attached hydrogens (tertiary/aromatic N) is 2. The maximum absolute atomic E-state index is 11.6. The highest BCUT2D eigenvalue weighted by molar-refractivity contribution is 7.13. The number of benzene rings is 1. The van der Waals surface area contributed by atoms with Crippen LogP contribution in [-0.4, -0.2) is 37.6 Å². The average Bonchev–Trinajstić information content (AvgIpc) is 3.16. The number of rotatable bonds is 6. The van der Waals surface area contributed by atoms with Crippen molar-refractivity contribution in [3.8, 4) is 39.1 Å². The van der Waals surface area contributed by atoms with E-state index < -0.39 is 0 Å². The van der Waals surface area contributed by atoms with E-state index in [0.29, 0.717) is 34.1 Å². The zero-order chi connectivity index (χ0) is 17.8. The number of carbonyl (C=O) groups is 1. The Kier molecular flexibility index (Phi) is 4.95. The number of aldehydes is 1. The van der Waals surface area contributed by atoms with Crippen LogP contribution in [0.15, 0.2) is 36.0 Å². The largest absolute Gasteiger partial charge is 0.493 e. The van der Waals surface area contributed by atoms with Gasteiger partial charge < -0.3 is 14.2 Å². The van der Waals surface area contributed by atoms with Gasteiger partial charge in [-0.3, -0.25) is 9.78 Å². The zero-order valence-corrected chi connectivity index (χ0v) is 14.8. The predicted molar refractivity (Wildman–Crippen MR) is 95.8 cm³/mol. The van der Waals surface area contributed by atoms with Crippen LogP contribution in [0.3, 0.4) is 0 Å². The summed E-state index contributed by atoms with van der Waals surface area (Å²) in [4.78, 5) is 20.3. The molecule has 0 bridgehead atoms. The zero-order valence-electron chi connectivity index (χ0n) is 14.0. The van der Waals surface area contributed by atoms with Gasteiger partial charge in [0.2, 0.25) is 5.75 Å². The Morgan fingerprint density at radius 3 is 2.36 bits per heavy atom. The van der Waals surface area contributed by atoms with Crippen molar-refractivity contribution in [2.45, 2.75) is 0 Å². The highest BCUT2D eigenvalue weighted by Gasteiger charge is 2.23. The molecule has 0 spiro atoms. The van der Waals surface area contributed by atoms with Crippen molar-refractivity contribution < 1.29 is 19.0 Å². The van der Waals surface area contributed by atoms with Gasteiger partial charge in [0.25, 0.3) is 0 Å². The van der Waals surface area contributed by atoms with Gasteiger partial charge in [0.15, 0.2) is 17.8 Å². The topological polar surface area (TPSA) is 70.5 Å². The second-order valence-corrected chi connectivity index (χ2v) is 5.86. The van der Waals surface area contributed by atoms with E-state index in [0.717, 1.165) is 16.9 Å². The summed E-state index contributed by atoms with van der Waals surface area (Å²) < 4.78 is 16.2. The molecule has 0 aliphatic rings. The summed E-state index contributed by atoms with van der Waals surface area (Å²) >= 11 is 1.48. The van der Waals surface area contributed by atoms with Crippen LogP contribution in [0.4, 0.5) is 0 Å². The number of methoxy groups -OCH3 is 3. The molecule has 0 radical (unpaired) electrons. The normalized spacial score (nSPS) is 10.4. The summed E-state index contributed by atoms with van der Waals surface area (Å²) in [7, 11) is 4.55. The fourth-order valence-corrected chi connectivity index (χ4v) is 3.36. The Morgan fingerprint density at radius 1 is 1.04 bits per heavy atom. The number of pyridine rings is 1. The molecule has 128 valence electrons. The van der Waals surface area contributed by atoms with E-state index in [9.17, 15) is 4.79 Å². The fraction of sp³-hybridized carbons (Fsp3) is 0.167. The number of hydrogen-bond donors (Lipinski definition) is 0. The van der Waals surface area contributed by atoms with E-state index in [1.807, 2.05) is 17.5 Å². The van der Waals surface area contributed by atoms with E-state index in [-0.39, 0.29) is 0 Å². The van der Waals surface area contributed by atoms with Crippen molar-refractivity contribution in [3.63, 3.8) is 0 Å². The molecule has 0 saturated carbocycles. The van der Waals surface area contributed by atoms with Crippen molar-refractivity contribution in [1.82, 2.24) is 9.97 Å². The predicted octanol–water partition coefficient (Wildman–Crippen LogP) is 3.71. The van der Waals surface area contributed by atoms with Crippen LogP contribution >= 0.6 is 11.3 Å². The molecular weight excluding hydrogens is 340 g/mol. The molecular formula is C18H16N2O4S. The number of carbonyl (C=O) groups excluding carboxylic acids is 1. The molecule has 0 atom stereocenters. The Bertz CT molecular complexity index is 894. The summed E-state index contributed by atoms with van der Waals surface area (Å²) in [6, 6.07) is 5.39. The van der Waals surface area contributed by atoms with Gasteiger partial charge in [0.1, 0.15) is 5.01 Å². The molecule has 0 unspecified atom stereocenters. The lowest BCUT2D eigenvalue weighted by atomic mass is 10.0. The van der Waals surface area contributed by atoms with Gasteiger partial charge in [-0.2, -0.15) is 0 Å². The third-order valence-electron chi connectivity index (χ3n) is 3.68. The SMILES string of the molecule is COc1cc(C=O)c(-c2csc(-c3ccncc3)n2)c(OC)c1OC. The van der Waals surface area contributed by atoms with Crippen molar-refractivity contribution >= 4 is 17.6 Å². The minimum Gasteiger partial charge on any atom is -0.493 e. The molecule has 2 aromatic heterocycles. The summed E-state index contributed by atoms with van der Waals surface area (Å²) in [5, 5.41) is 2.71. The van der Waals surface area contributed by atoms with E-state index in [1.54, 1.807) is 18.5 Å². The molecule has 1 aromatic carbocycles. The molecule has 3 aromatic rings. The van der Waals surface area contributed by atoms with E-state index in [4.69, 9.17) is 14.2 Å². The van der Waals surface area contributed by atoms with Gasteiger partial charge in [-0.1, -0.05) is 0 Å². The highest BCUT2D eigenvalue weighted by Crippen LogP contribution is 2.46. The molecule has 0 aliphatic carbocycles. The van der Waals surface area contributed by atoms with Crippen LogP contribution in [-0.2, 0) is 0 Å². The monoisotopic (exact) mass is 356 g/mol. The third-order valence-corrected chi connectivity index (χ3v) is 4.57. The van der Waals surface area contributed by atoms with E-state index in [1.165, 1.54) is 32.7 Å². The summed E-state index contributed by atoms with van der Waals surface area (Å²) in [6.45, 7) is 0. The third kappa shape index (κ3) is 3.06. The number of thiazole rings is 1. The minimum atomic E-state index is 0.413. The van der Waals surface area contributed by atoms with Crippen LogP contribution in [0.1, 0.15) is 10.4 Å². The van der Waals surface area contributed by atoms with Gasteiger partial charge in [-0.25, -0.2) is 4.98 Å². The Balaban J connectivity index is 2.20. The fourth-order valence-electron chi connectivity index (χ4n) is 2.55. The van der Waals surface area contributed by atoms with Crippen LogP contribution < -0.4 is 14.2 Å². The quantitative estimate of drug-likeness (QED) is 0.627. The maximum Gasteiger partial charge on any atom is 0.204 e. The Morgan fingerprint density at radius 2 is 1.76 bits per heavy atom. The molecule has 25 heavy (non-hydrogen) atoms. The van der Waals surface area contributed by atoms with Gasteiger partial charge in [-0.15, -0.1) is 11.3 Å². The molecule has 0 fully saturated rings. The van der Waals surface area contributed by atoms with Gasteiger partial charge >= 0.3 is 0 Å². The Hall–Kier alpha value is -2.93. The molecule has 2 heterocycles. The molecule has 3 rings (SSSR count). The summed E-state index contributed by atoms with van der Waals surface area (Å²) in [5.74, 6) is 1.26. The lowest BCUT2D eigenvalue weighted by molar-refractivity contribution is 0.112. The van der Waals surface area contributed by atoms with Crippen molar-refractivity contribution in [1.29, 1.82) is 0 Å². The molecule has 0 amide bonds. The van der Waals surface area contributed by atoms with Crippen molar-refractivity contribution in [3.05, 3.63) is 41.5 Å².